The normalized spacial score (nSPS) is 19.0. The highest BCUT2D eigenvalue weighted by atomic mass is 19.1. The molecule has 0 saturated heterocycles. The van der Waals surface area contributed by atoms with E-state index in [0.717, 1.165) is 18.2 Å². The average molecular weight is 333 g/mol. The molecule has 0 spiro atoms. The summed E-state index contributed by atoms with van der Waals surface area (Å²) >= 11 is 0. The Morgan fingerprint density at radius 2 is 1.96 bits per heavy atom. The minimum atomic E-state index is -0.504. The molecule has 2 unspecified atom stereocenters. The van der Waals surface area contributed by atoms with Gasteiger partial charge in [0.25, 0.3) is 0 Å². The smallest absolute Gasteiger partial charge is 0.228 e. The molecule has 0 bridgehead atoms. The van der Waals surface area contributed by atoms with Crippen molar-refractivity contribution >= 4 is 11.6 Å². The molecule has 24 heavy (non-hydrogen) atoms. The van der Waals surface area contributed by atoms with Crippen LogP contribution in [0.15, 0.2) is 42.5 Å². The topological polar surface area (TPSA) is 58.6 Å². The highest BCUT2D eigenvalue weighted by Gasteiger charge is 2.45. The van der Waals surface area contributed by atoms with Gasteiger partial charge < -0.3 is 15.2 Å². The molecule has 1 fully saturated rings. The third kappa shape index (κ3) is 3.71. The van der Waals surface area contributed by atoms with Crippen LogP contribution in [0.5, 0.6) is 5.75 Å². The molecular weight excluding hydrogens is 316 g/mol. The molecule has 1 amide bonds. The fourth-order valence-electron chi connectivity index (χ4n) is 2.66. The maximum Gasteiger partial charge on any atom is 0.228 e. The van der Waals surface area contributed by atoms with Crippen molar-refractivity contribution in [2.24, 2.45) is 5.92 Å². The second-order valence-electron chi connectivity index (χ2n) is 5.70. The molecule has 2 N–H and O–H groups in total. The summed E-state index contributed by atoms with van der Waals surface area (Å²) in [5.74, 6) is -1.25. The van der Waals surface area contributed by atoms with Gasteiger partial charge in [-0.3, -0.25) is 4.79 Å². The first-order valence-corrected chi connectivity index (χ1v) is 7.68. The van der Waals surface area contributed by atoms with Crippen LogP contribution in [0.4, 0.5) is 14.5 Å². The van der Waals surface area contributed by atoms with Gasteiger partial charge in [0.2, 0.25) is 5.91 Å². The lowest BCUT2D eigenvalue weighted by Gasteiger charge is -2.08. The van der Waals surface area contributed by atoms with E-state index in [2.05, 4.69) is 5.32 Å². The maximum absolute atomic E-state index is 13.7. The first-order chi connectivity index (χ1) is 11.6. The van der Waals surface area contributed by atoms with Crippen LogP contribution in [0.1, 0.15) is 17.9 Å². The van der Waals surface area contributed by atoms with Gasteiger partial charge in [0.1, 0.15) is 24.0 Å². The Bertz CT molecular complexity index is 734. The van der Waals surface area contributed by atoms with Crippen molar-refractivity contribution in [3.05, 3.63) is 59.7 Å². The molecule has 1 aliphatic rings. The summed E-state index contributed by atoms with van der Waals surface area (Å²) in [6.07, 6.45) is 0.504. The van der Waals surface area contributed by atoms with Gasteiger partial charge in [-0.1, -0.05) is 0 Å². The van der Waals surface area contributed by atoms with Crippen molar-refractivity contribution in [3.63, 3.8) is 0 Å². The molecule has 1 aliphatic carbocycles. The predicted molar refractivity (Wildman–Crippen MR) is 84.9 cm³/mol. The van der Waals surface area contributed by atoms with E-state index in [1.807, 2.05) is 0 Å². The average Bonchev–Trinajstić information content (AvgIpc) is 3.37. The molecular formula is C18H17F2NO3. The maximum atomic E-state index is 13.7. The Balaban J connectivity index is 1.59. The lowest BCUT2D eigenvalue weighted by molar-refractivity contribution is -0.117. The highest BCUT2D eigenvalue weighted by Crippen LogP contribution is 2.48. The largest absolute Gasteiger partial charge is 0.491 e. The zero-order valence-electron chi connectivity index (χ0n) is 12.8. The summed E-state index contributed by atoms with van der Waals surface area (Å²) < 4.78 is 32.2. The van der Waals surface area contributed by atoms with E-state index >= 15 is 0 Å². The number of carbonyl (C=O) groups is 1. The fraction of sp³-hybridized carbons (Fsp3) is 0.278. The fourth-order valence-corrected chi connectivity index (χ4v) is 2.66. The second-order valence-corrected chi connectivity index (χ2v) is 5.70. The van der Waals surface area contributed by atoms with E-state index in [0.29, 0.717) is 17.9 Å². The molecule has 2 atom stereocenters. The number of hydrogen-bond acceptors (Lipinski definition) is 3. The van der Waals surface area contributed by atoms with Gasteiger partial charge in [-0.05, 0) is 60.4 Å². The van der Waals surface area contributed by atoms with Crippen molar-refractivity contribution in [2.45, 2.75) is 12.3 Å². The molecule has 0 heterocycles. The Labute approximate surface area is 138 Å². The standard InChI is InChI=1S/C18H17F2NO3/c19-11-1-6-17(20)15(9-11)14-10-16(14)18(23)21-12-2-4-13(5-3-12)24-8-7-22/h1-6,9,14,16,22H,7-8,10H2,(H,21,23). The number of amides is 1. The Morgan fingerprint density at radius 1 is 1.21 bits per heavy atom. The number of aliphatic hydroxyl groups excluding tert-OH is 1. The molecule has 126 valence electrons. The Kier molecular flexibility index (Phi) is 4.76. The molecule has 3 rings (SSSR count). The van der Waals surface area contributed by atoms with E-state index in [9.17, 15) is 13.6 Å². The summed E-state index contributed by atoms with van der Waals surface area (Å²) in [6.45, 7) is 0.132. The lowest BCUT2D eigenvalue weighted by atomic mass is 10.1. The van der Waals surface area contributed by atoms with Crippen molar-refractivity contribution in [1.29, 1.82) is 0 Å². The van der Waals surface area contributed by atoms with E-state index in [1.54, 1.807) is 24.3 Å². The summed E-state index contributed by atoms with van der Waals surface area (Å²) in [5.41, 5.74) is 0.851. The van der Waals surface area contributed by atoms with Crippen molar-refractivity contribution in [1.82, 2.24) is 0 Å². The zero-order valence-corrected chi connectivity index (χ0v) is 12.8. The number of rotatable bonds is 6. The third-order valence-corrected chi connectivity index (χ3v) is 3.97. The van der Waals surface area contributed by atoms with Crippen LogP contribution in [0.25, 0.3) is 0 Å². The van der Waals surface area contributed by atoms with Crippen LogP contribution in [-0.2, 0) is 4.79 Å². The first-order valence-electron chi connectivity index (χ1n) is 7.68. The van der Waals surface area contributed by atoms with Crippen LogP contribution < -0.4 is 10.1 Å². The van der Waals surface area contributed by atoms with E-state index in [4.69, 9.17) is 9.84 Å². The van der Waals surface area contributed by atoms with Gasteiger partial charge in [-0.15, -0.1) is 0 Å². The quantitative estimate of drug-likeness (QED) is 0.854. The Morgan fingerprint density at radius 3 is 2.67 bits per heavy atom. The number of halogens is 2. The van der Waals surface area contributed by atoms with Crippen molar-refractivity contribution < 1.29 is 23.4 Å². The van der Waals surface area contributed by atoms with Gasteiger partial charge in [0, 0.05) is 11.6 Å². The molecule has 0 radical (unpaired) electrons. The van der Waals surface area contributed by atoms with Crippen LogP contribution in [0.2, 0.25) is 0 Å². The molecule has 0 aromatic heterocycles. The summed E-state index contributed by atoms with van der Waals surface area (Å²) in [6, 6.07) is 10.0. The summed E-state index contributed by atoms with van der Waals surface area (Å²) in [5, 5.41) is 11.5. The van der Waals surface area contributed by atoms with Crippen molar-refractivity contribution in [3.8, 4) is 5.75 Å². The number of anilines is 1. The summed E-state index contributed by atoms with van der Waals surface area (Å²) in [4.78, 5) is 12.2. The minimum absolute atomic E-state index is 0.0712. The van der Waals surface area contributed by atoms with Crippen LogP contribution in [0, 0.1) is 17.6 Å². The number of benzene rings is 2. The van der Waals surface area contributed by atoms with Gasteiger partial charge >= 0.3 is 0 Å². The van der Waals surface area contributed by atoms with Gasteiger partial charge in [0.15, 0.2) is 0 Å². The van der Waals surface area contributed by atoms with E-state index in [-0.39, 0.29) is 36.5 Å². The molecule has 0 aliphatic heterocycles. The lowest BCUT2D eigenvalue weighted by Crippen LogP contribution is -2.14. The number of carbonyl (C=O) groups excluding carboxylic acids is 1. The molecule has 4 nitrogen and oxygen atoms in total. The number of ether oxygens (including phenoxy) is 1. The first kappa shape index (κ1) is 16.4. The summed E-state index contributed by atoms with van der Waals surface area (Å²) in [7, 11) is 0. The zero-order chi connectivity index (χ0) is 17.1. The third-order valence-electron chi connectivity index (χ3n) is 3.97. The van der Waals surface area contributed by atoms with Crippen molar-refractivity contribution in [2.75, 3.05) is 18.5 Å². The van der Waals surface area contributed by atoms with Gasteiger partial charge in [0.05, 0.1) is 6.61 Å². The van der Waals surface area contributed by atoms with Crippen LogP contribution in [0.3, 0.4) is 0 Å². The van der Waals surface area contributed by atoms with Crippen LogP contribution >= 0.6 is 0 Å². The van der Waals surface area contributed by atoms with E-state index in [1.165, 1.54) is 0 Å². The van der Waals surface area contributed by atoms with E-state index < -0.39 is 11.6 Å². The molecule has 1 saturated carbocycles. The van der Waals surface area contributed by atoms with Gasteiger partial charge in [-0.2, -0.15) is 0 Å². The number of aliphatic hydroxyl groups is 1. The minimum Gasteiger partial charge on any atom is -0.491 e. The number of nitrogens with one attached hydrogen (secondary N) is 1. The Hall–Kier alpha value is -2.47. The monoisotopic (exact) mass is 333 g/mol. The van der Waals surface area contributed by atoms with Gasteiger partial charge in [-0.25, -0.2) is 8.78 Å². The van der Waals surface area contributed by atoms with Crippen LogP contribution in [-0.4, -0.2) is 24.2 Å². The molecule has 2 aromatic rings. The SMILES string of the molecule is O=C(Nc1ccc(OCCO)cc1)C1CC1c1cc(F)ccc1F. The molecule has 2 aromatic carbocycles. The predicted octanol–water partition coefficient (Wildman–Crippen LogP) is 3.08. The highest BCUT2D eigenvalue weighted by molar-refractivity contribution is 5.95. The second kappa shape index (κ2) is 6.97. The number of hydrogen-bond donors (Lipinski definition) is 2. The molecule has 6 heteroatoms.